The summed E-state index contributed by atoms with van der Waals surface area (Å²) in [5.41, 5.74) is 5.99. The number of carbonyl (C=O) groups is 3. The Morgan fingerprint density at radius 2 is 1.85 bits per heavy atom. The highest BCUT2D eigenvalue weighted by atomic mass is 16.5. The van der Waals surface area contributed by atoms with Crippen molar-refractivity contribution in [2.24, 2.45) is 11.7 Å². The minimum absolute atomic E-state index is 0.269. The Labute approximate surface area is 157 Å². The molecule has 0 aromatic heterocycles. The van der Waals surface area contributed by atoms with Crippen molar-refractivity contribution < 1.29 is 28.6 Å². The molecule has 1 saturated heterocycles. The number of carbonyl (C=O) groups excluding carboxylic acids is 3. The Morgan fingerprint density at radius 1 is 1.19 bits per heavy atom. The molecule has 2 rings (SSSR count). The summed E-state index contributed by atoms with van der Waals surface area (Å²) in [6, 6.07) is 5.18. The molecular weight excluding hydrogens is 352 g/mol. The van der Waals surface area contributed by atoms with Crippen molar-refractivity contribution in [1.29, 1.82) is 0 Å². The molecule has 0 unspecified atom stereocenters. The van der Waals surface area contributed by atoms with Gasteiger partial charge in [0.05, 0.1) is 20.1 Å². The summed E-state index contributed by atoms with van der Waals surface area (Å²) < 4.78 is 15.3. The summed E-state index contributed by atoms with van der Waals surface area (Å²) in [5, 5.41) is 0. The molecular formula is C19H24N2O6. The zero-order chi connectivity index (χ0) is 19.8. The molecule has 0 spiro atoms. The molecule has 1 aliphatic heterocycles. The zero-order valence-electron chi connectivity index (χ0n) is 15.5. The summed E-state index contributed by atoms with van der Waals surface area (Å²) in [7, 11) is 3.07. The highest BCUT2D eigenvalue weighted by Gasteiger charge is 2.27. The molecule has 0 saturated carbocycles. The van der Waals surface area contributed by atoms with Crippen molar-refractivity contribution in [3.63, 3.8) is 0 Å². The molecule has 2 amide bonds. The molecule has 1 fully saturated rings. The van der Waals surface area contributed by atoms with Crippen LogP contribution in [0, 0.1) is 5.92 Å². The van der Waals surface area contributed by atoms with Crippen LogP contribution >= 0.6 is 0 Å². The first kappa shape index (κ1) is 20.3. The van der Waals surface area contributed by atoms with Crippen LogP contribution in [0.15, 0.2) is 24.3 Å². The van der Waals surface area contributed by atoms with E-state index in [0.717, 1.165) is 0 Å². The maximum absolute atomic E-state index is 12.2. The Bertz CT molecular complexity index is 709. The zero-order valence-corrected chi connectivity index (χ0v) is 15.5. The lowest BCUT2D eigenvalue weighted by Gasteiger charge is -2.30. The van der Waals surface area contributed by atoms with E-state index in [2.05, 4.69) is 0 Å². The number of piperidine rings is 1. The van der Waals surface area contributed by atoms with Crippen LogP contribution in [0.3, 0.4) is 0 Å². The van der Waals surface area contributed by atoms with E-state index >= 15 is 0 Å². The largest absolute Gasteiger partial charge is 0.497 e. The number of primary amides is 1. The molecule has 1 heterocycles. The van der Waals surface area contributed by atoms with Crippen molar-refractivity contribution in [3.8, 4) is 11.5 Å². The van der Waals surface area contributed by atoms with Gasteiger partial charge in [0.1, 0.15) is 11.5 Å². The number of benzene rings is 1. The highest BCUT2D eigenvalue weighted by molar-refractivity contribution is 5.89. The summed E-state index contributed by atoms with van der Waals surface area (Å²) in [6.07, 6.45) is 4.14. The monoisotopic (exact) mass is 376 g/mol. The number of methoxy groups -OCH3 is 2. The van der Waals surface area contributed by atoms with Crippen LogP contribution < -0.4 is 15.2 Å². The number of hydrogen-bond donors (Lipinski definition) is 1. The molecule has 27 heavy (non-hydrogen) atoms. The molecule has 1 aliphatic rings. The standard InChI is InChI=1S/C19H24N2O6/c1-25-15-8-13(9-16(10-15)26-2)5-6-18(23)27-12-17(22)21-7-3-4-14(11-21)19(20)24/h5-6,8-10,14H,3-4,7,11-12H2,1-2H3,(H2,20,24)/b6-5+/t14-/m0/s1. The summed E-state index contributed by atoms with van der Waals surface area (Å²) in [5.74, 6) is -0.569. The Hall–Kier alpha value is -3.03. The quantitative estimate of drug-likeness (QED) is 0.561. The van der Waals surface area contributed by atoms with Gasteiger partial charge in [0.15, 0.2) is 6.61 Å². The van der Waals surface area contributed by atoms with E-state index in [1.807, 2.05) is 0 Å². The molecule has 0 radical (unpaired) electrons. The molecule has 0 aliphatic carbocycles. The van der Waals surface area contributed by atoms with Crippen molar-refractivity contribution in [1.82, 2.24) is 4.90 Å². The van der Waals surface area contributed by atoms with Crippen LogP contribution in [0.4, 0.5) is 0 Å². The summed E-state index contributed by atoms with van der Waals surface area (Å²) in [6.45, 7) is 0.418. The molecule has 1 aromatic rings. The second kappa shape index (κ2) is 9.61. The van der Waals surface area contributed by atoms with Gasteiger partial charge < -0.3 is 24.8 Å². The van der Waals surface area contributed by atoms with E-state index in [0.29, 0.717) is 36.4 Å². The van der Waals surface area contributed by atoms with Crippen molar-refractivity contribution in [3.05, 3.63) is 29.8 Å². The minimum atomic E-state index is -0.645. The predicted octanol–water partition coefficient (Wildman–Crippen LogP) is 0.984. The van der Waals surface area contributed by atoms with Crippen LogP contribution in [-0.2, 0) is 19.1 Å². The van der Waals surface area contributed by atoms with E-state index in [-0.39, 0.29) is 25.0 Å². The molecule has 0 bridgehead atoms. The maximum atomic E-state index is 12.2. The van der Waals surface area contributed by atoms with Gasteiger partial charge in [-0.25, -0.2) is 4.79 Å². The third kappa shape index (κ3) is 6.02. The van der Waals surface area contributed by atoms with Gasteiger partial charge in [-0.15, -0.1) is 0 Å². The SMILES string of the molecule is COc1cc(/C=C/C(=O)OCC(=O)N2CCC[C@H](C(N)=O)C2)cc(OC)c1. The molecule has 8 heteroatoms. The third-order valence-corrected chi connectivity index (χ3v) is 4.30. The van der Waals surface area contributed by atoms with Gasteiger partial charge in [-0.1, -0.05) is 0 Å². The number of likely N-dealkylation sites (tertiary alicyclic amines) is 1. The molecule has 2 N–H and O–H groups in total. The van der Waals surface area contributed by atoms with Crippen LogP contribution in [0.5, 0.6) is 11.5 Å². The van der Waals surface area contributed by atoms with Gasteiger partial charge in [0.2, 0.25) is 5.91 Å². The van der Waals surface area contributed by atoms with Gasteiger partial charge in [-0.05, 0) is 36.6 Å². The Kier molecular flexibility index (Phi) is 7.22. The van der Waals surface area contributed by atoms with Crippen LogP contribution in [0.2, 0.25) is 0 Å². The van der Waals surface area contributed by atoms with Gasteiger partial charge in [0.25, 0.3) is 5.91 Å². The number of ether oxygens (including phenoxy) is 3. The average Bonchev–Trinajstić information content (AvgIpc) is 2.70. The van der Waals surface area contributed by atoms with Gasteiger partial charge in [-0.2, -0.15) is 0 Å². The second-order valence-corrected chi connectivity index (χ2v) is 6.17. The Morgan fingerprint density at radius 3 is 2.44 bits per heavy atom. The van der Waals surface area contributed by atoms with Crippen molar-refractivity contribution >= 4 is 23.9 Å². The number of rotatable bonds is 7. The predicted molar refractivity (Wildman–Crippen MR) is 98.0 cm³/mol. The fourth-order valence-electron chi connectivity index (χ4n) is 2.80. The highest BCUT2D eigenvalue weighted by Crippen LogP contribution is 2.23. The van der Waals surface area contributed by atoms with Crippen LogP contribution in [0.1, 0.15) is 18.4 Å². The molecule has 146 valence electrons. The fraction of sp³-hybridized carbons (Fsp3) is 0.421. The smallest absolute Gasteiger partial charge is 0.331 e. The van der Waals surface area contributed by atoms with E-state index < -0.39 is 11.9 Å². The first-order chi connectivity index (χ1) is 12.9. The topological polar surface area (TPSA) is 108 Å². The molecule has 8 nitrogen and oxygen atoms in total. The molecule has 1 aromatic carbocycles. The lowest BCUT2D eigenvalue weighted by molar-refractivity contribution is -0.149. The first-order valence-corrected chi connectivity index (χ1v) is 8.58. The van der Waals surface area contributed by atoms with E-state index in [1.165, 1.54) is 25.2 Å². The number of amides is 2. The number of nitrogens with two attached hydrogens (primary N) is 1. The average molecular weight is 376 g/mol. The van der Waals surface area contributed by atoms with Crippen LogP contribution in [0.25, 0.3) is 6.08 Å². The van der Waals surface area contributed by atoms with E-state index in [1.54, 1.807) is 24.3 Å². The van der Waals surface area contributed by atoms with Gasteiger partial charge in [0, 0.05) is 25.2 Å². The fourth-order valence-corrected chi connectivity index (χ4v) is 2.80. The Balaban J connectivity index is 1.87. The number of hydrogen-bond acceptors (Lipinski definition) is 6. The number of esters is 1. The van der Waals surface area contributed by atoms with Crippen molar-refractivity contribution in [2.75, 3.05) is 33.9 Å². The van der Waals surface area contributed by atoms with Gasteiger partial charge in [-0.3, -0.25) is 9.59 Å². The number of nitrogens with zero attached hydrogens (tertiary/aromatic N) is 1. The lowest BCUT2D eigenvalue weighted by atomic mass is 9.97. The normalized spacial score (nSPS) is 16.8. The summed E-state index contributed by atoms with van der Waals surface area (Å²) >= 11 is 0. The second-order valence-electron chi connectivity index (χ2n) is 6.17. The minimum Gasteiger partial charge on any atom is -0.497 e. The maximum Gasteiger partial charge on any atom is 0.331 e. The van der Waals surface area contributed by atoms with E-state index in [4.69, 9.17) is 19.9 Å². The van der Waals surface area contributed by atoms with Gasteiger partial charge >= 0.3 is 5.97 Å². The first-order valence-electron chi connectivity index (χ1n) is 8.58. The van der Waals surface area contributed by atoms with Crippen molar-refractivity contribution in [2.45, 2.75) is 12.8 Å². The summed E-state index contributed by atoms with van der Waals surface area (Å²) in [4.78, 5) is 36.8. The molecule has 1 atom stereocenters. The third-order valence-electron chi connectivity index (χ3n) is 4.30. The lowest BCUT2D eigenvalue weighted by Crippen LogP contribution is -2.45. The van der Waals surface area contributed by atoms with Crippen LogP contribution in [-0.4, -0.2) is 56.6 Å². The van der Waals surface area contributed by atoms with E-state index in [9.17, 15) is 14.4 Å².